The highest BCUT2D eigenvalue weighted by atomic mass is 33.1. The molecule has 0 amide bonds. The highest BCUT2D eigenvalue weighted by molar-refractivity contribution is 8.76. The maximum Gasteiger partial charge on any atom is 0.306 e. The SMILES string of the molecule is O=C(CCCSSc1cccc[nH+]1)OC1C(=O)CCC1=O. The van der Waals surface area contributed by atoms with E-state index in [1.54, 1.807) is 21.6 Å². The van der Waals surface area contributed by atoms with Crippen LogP contribution in [0.1, 0.15) is 25.7 Å². The lowest BCUT2D eigenvalue weighted by Crippen LogP contribution is -2.28. The molecule has 1 aromatic heterocycles. The van der Waals surface area contributed by atoms with Gasteiger partial charge >= 0.3 is 5.97 Å². The van der Waals surface area contributed by atoms with Crippen molar-refractivity contribution in [3.8, 4) is 0 Å². The largest absolute Gasteiger partial charge is 0.446 e. The molecule has 1 saturated carbocycles. The van der Waals surface area contributed by atoms with Crippen LogP contribution in [0.5, 0.6) is 0 Å². The van der Waals surface area contributed by atoms with E-state index in [-0.39, 0.29) is 30.8 Å². The number of carbonyl (C=O) groups excluding carboxylic acids is 3. The van der Waals surface area contributed by atoms with E-state index in [0.717, 1.165) is 10.8 Å². The Morgan fingerprint density at radius 3 is 2.71 bits per heavy atom. The van der Waals surface area contributed by atoms with Crippen LogP contribution in [0, 0.1) is 0 Å². The molecule has 0 aliphatic heterocycles. The van der Waals surface area contributed by atoms with E-state index in [4.69, 9.17) is 4.74 Å². The van der Waals surface area contributed by atoms with Crippen LogP contribution in [0.4, 0.5) is 0 Å². The summed E-state index contributed by atoms with van der Waals surface area (Å²) in [5.74, 6) is -0.244. The smallest absolute Gasteiger partial charge is 0.306 e. The predicted molar refractivity (Wildman–Crippen MR) is 79.7 cm³/mol. The number of aromatic amines is 1. The van der Waals surface area contributed by atoms with Crippen LogP contribution in [0.25, 0.3) is 0 Å². The number of pyridine rings is 1. The number of H-pyrrole nitrogens is 1. The van der Waals surface area contributed by atoms with Crippen LogP contribution in [-0.4, -0.2) is 29.4 Å². The minimum atomic E-state index is -1.14. The summed E-state index contributed by atoms with van der Waals surface area (Å²) in [7, 11) is 3.24. The van der Waals surface area contributed by atoms with Gasteiger partial charge in [-0.2, -0.15) is 0 Å². The first kappa shape index (κ1) is 16.0. The molecule has 0 spiro atoms. The predicted octanol–water partition coefficient (Wildman–Crippen LogP) is 1.86. The first-order valence-corrected chi connectivity index (χ1v) is 9.00. The molecule has 1 aliphatic rings. The Kier molecular flexibility index (Phi) is 6.25. The first-order valence-electron chi connectivity index (χ1n) is 6.68. The van der Waals surface area contributed by atoms with Crippen molar-refractivity contribution in [2.24, 2.45) is 0 Å². The molecule has 7 heteroatoms. The second kappa shape index (κ2) is 8.19. The second-order valence-corrected chi connectivity index (χ2v) is 7.00. The molecule has 112 valence electrons. The number of ether oxygens (including phenoxy) is 1. The minimum Gasteiger partial charge on any atom is -0.446 e. The summed E-state index contributed by atoms with van der Waals surface area (Å²) in [5.41, 5.74) is 0. The minimum absolute atomic E-state index is 0.191. The van der Waals surface area contributed by atoms with Gasteiger partial charge < -0.3 is 4.74 Å². The van der Waals surface area contributed by atoms with Crippen molar-refractivity contribution in [3.63, 3.8) is 0 Å². The molecule has 21 heavy (non-hydrogen) atoms. The van der Waals surface area contributed by atoms with Crippen LogP contribution >= 0.6 is 21.6 Å². The van der Waals surface area contributed by atoms with Crippen LogP contribution in [-0.2, 0) is 19.1 Å². The van der Waals surface area contributed by atoms with Gasteiger partial charge in [-0.25, -0.2) is 4.98 Å². The van der Waals surface area contributed by atoms with Gasteiger partial charge in [0.15, 0.2) is 17.8 Å². The third-order valence-electron chi connectivity index (χ3n) is 2.89. The van der Waals surface area contributed by atoms with Crippen LogP contribution in [0.3, 0.4) is 0 Å². The maximum absolute atomic E-state index is 11.6. The van der Waals surface area contributed by atoms with Gasteiger partial charge in [0.05, 0.1) is 0 Å². The van der Waals surface area contributed by atoms with E-state index < -0.39 is 12.1 Å². The van der Waals surface area contributed by atoms with Crippen molar-refractivity contribution in [2.45, 2.75) is 36.8 Å². The lowest BCUT2D eigenvalue weighted by Gasteiger charge is -2.08. The summed E-state index contributed by atoms with van der Waals surface area (Å²) in [6, 6.07) is 5.84. The number of hydrogen-bond donors (Lipinski definition) is 0. The lowest BCUT2D eigenvalue weighted by atomic mass is 10.2. The molecular weight excluding hydrogens is 310 g/mol. The molecular formula is C14H16NO4S2+. The average Bonchev–Trinajstić information content (AvgIpc) is 2.80. The fraction of sp³-hybridized carbons (Fsp3) is 0.429. The van der Waals surface area contributed by atoms with E-state index in [0.29, 0.717) is 6.42 Å². The molecule has 1 aromatic rings. The molecule has 0 bridgehead atoms. The second-order valence-electron chi connectivity index (χ2n) is 4.54. The van der Waals surface area contributed by atoms with Gasteiger partial charge in [-0.1, -0.05) is 10.8 Å². The molecule has 0 saturated heterocycles. The topological polar surface area (TPSA) is 74.6 Å². The summed E-state index contributed by atoms with van der Waals surface area (Å²) in [5, 5.41) is 1.05. The van der Waals surface area contributed by atoms with Gasteiger partial charge in [0.2, 0.25) is 11.1 Å². The van der Waals surface area contributed by atoms with Crippen molar-refractivity contribution in [2.75, 3.05) is 5.75 Å². The highest BCUT2D eigenvalue weighted by Crippen LogP contribution is 2.28. The average molecular weight is 326 g/mol. The third kappa shape index (κ3) is 5.17. The molecule has 1 aliphatic carbocycles. The molecule has 0 radical (unpaired) electrons. The van der Waals surface area contributed by atoms with Gasteiger partial charge in [0.1, 0.15) is 0 Å². The lowest BCUT2D eigenvalue weighted by molar-refractivity contribution is -0.426. The maximum atomic E-state index is 11.6. The van der Waals surface area contributed by atoms with Crippen LogP contribution < -0.4 is 4.98 Å². The van der Waals surface area contributed by atoms with Crippen molar-refractivity contribution in [1.82, 2.24) is 0 Å². The first-order chi connectivity index (χ1) is 10.2. The zero-order valence-corrected chi connectivity index (χ0v) is 13.0. The number of ketones is 2. The van der Waals surface area contributed by atoms with E-state index in [9.17, 15) is 14.4 Å². The molecule has 1 heterocycles. The van der Waals surface area contributed by atoms with Crippen LogP contribution in [0.2, 0.25) is 0 Å². The molecule has 0 atom stereocenters. The zero-order valence-electron chi connectivity index (χ0n) is 11.4. The van der Waals surface area contributed by atoms with Gasteiger partial charge in [-0.3, -0.25) is 14.4 Å². The van der Waals surface area contributed by atoms with Gasteiger partial charge in [0, 0.05) is 47.9 Å². The number of rotatable bonds is 7. The summed E-state index contributed by atoms with van der Waals surface area (Å²) >= 11 is 0. The highest BCUT2D eigenvalue weighted by Gasteiger charge is 2.35. The Morgan fingerprint density at radius 1 is 1.29 bits per heavy atom. The summed E-state index contributed by atoms with van der Waals surface area (Å²) < 4.78 is 4.94. The van der Waals surface area contributed by atoms with Gasteiger partial charge in [-0.15, -0.1) is 0 Å². The Hall–Kier alpha value is -1.34. The Morgan fingerprint density at radius 2 is 2.05 bits per heavy atom. The zero-order chi connectivity index (χ0) is 15.1. The van der Waals surface area contributed by atoms with Crippen molar-refractivity contribution < 1.29 is 24.1 Å². The molecule has 1 fully saturated rings. The number of Topliss-reactive ketones (excluding diaryl/α,β-unsaturated/α-hetero) is 2. The molecule has 2 rings (SSSR count). The number of aromatic nitrogens is 1. The van der Waals surface area contributed by atoms with E-state index in [1.807, 2.05) is 24.4 Å². The van der Waals surface area contributed by atoms with Crippen molar-refractivity contribution in [1.29, 1.82) is 0 Å². The Bertz CT molecular complexity index is 505. The number of hydrogen-bond acceptors (Lipinski definition) is 6. The summed E-state index contributed by atoms with van der Waals surface area (Å²) in [6.07, 6.45) is 1.98. The quantitative estimate of drug-likeness (QED) is 0.329. The fourth-order valence-corrected chi connectivity index (χ4v) is 3.84. The molecule has 5 nitrogen and oxygen atoms in total. The van der Waals surface area contributed by atoms with Crippen LogP contribution in [0.15, 0.2) is 29.4 Å². The fourth-order valence-electron chi connectivity index (χ4n) is 1.82. The molecule has 0 aromatic carbocycles. The van der Waals surface area contributed by atoms with E-state index in [1.165, 1.54) is 0 Å². The monoisotopic (exact) mass is 326 g/mol. The van der Waals surface area contributed by atoms with Crippen molar-refractivity contribution in [3.05, 3.63) is 24.4 Å². The normalized spacial score (nSPS) is 15.4. The Labute approximate surface area is 130 Å². The Balaban J connectivity index is 1.59. The standard InChI is InChI=1S/C14H15NO4S2/c16-10-6-7-11(17)14(10)19-13(18)5-3-9-20-21-12-4-1-2-8-15-12/h1-2,4,8,14H,3,5-7,9H2/p+1. The van der Waals surface area contributed by atoms with E-state index >= 15 is 0 Å². The van der Waals surface area contributed by atoms with Crippen molar-refractivity contribution >= 4 is 39.1 Å². The number of nitrogens with one attached hydrogen (secondary N) is 1. The summed E-state index contributed by atoms with van der Waals surface area (Å²) in [4.78, 5) is 37.4. The molecule has 1 N–H and O–H groups in total. The third-order valence-corrected chi connectivity index (χ3v) is 5.29. The van der Waals surface area contributed by atoms with Gasteiger partial charge in [-0.05, 0) is 12.5 Å². The summed E-state index contributed by atoms with van der Waals surface area (Å²) in [6.45, 7) is 0. The van der Waals surface area contributed by atoms with Gasteiger partial charge in [0.25, 0.3) is 0 Å². The number of esters is 1. The number of carbonyl (C=O) groups is 3. The van der Waals surface area contributed by atoms with E-state index in [2.05, 4.69) is 4.98 Å². The molecule has 0 unspecified atom stereocenters.